The number of carbonyl (C=O) groups is 3. The summed E-state index contributed by atoms with van der Waals surface area (Å²) in [5.74, 6) is -2.39. The first-order valence-corrected chi connectivity index (χ1v) is 10.8. The predicted molar refractivity (Wildman–Crippen MR) is 98.2 cm³/mol. The second kappa shape index (κ2) is 6.97. The molecule has 2 aromatic heterocycles. The number of sulfone groups is 1. The molecule has 0 aliphatic carbocycles. The van der Waals surface area contributed by atoms with Crippen molar-refractivity contribution < 1.29 is 27.2 Å². The number of hydrogen-bond donors (Lipinski definition) is 3. The minimum Gasteiger partial charge on any atom is -0.463 e. The summed E-state index contributed by atoms with van der Waals surface area (Å²) in [6.45, 7) is 0.694. The number of aromatic amines is 1. The molecule has 11 heteroatoms. The number of carbonyl (C=O) groups excluding carboxylic acids is 3. The van der Waals surface area contributed by atoms with E-state index in [4.69, 9.17) is 4.42 Å². The maximum absolute atomic E-state index is 12.8. The molecule has 0 spiro atoms. The summed E-state index contributed by atoms with van der Waals surface area (Å²) in [5.41, 5.74) is 1.66. The van der Waals surface area contributed by atoms with Gasteiger partial charge in [-0.15, -0.1) is 0 Å². The Balaban J connectivity index is 1.39. The fraction of sp³-hybridized carbons (Fsp3) is 0.471. The molecule has 3 N–H and O–H groups in total. The van der Waals surface area contributed by atoms with Gasteiger partial charge in [-0.3, -0.25) is 14.4 Å². The lowest BCUT2D eigenvalue weighted by Crippen LogP contribution is -2.58. The normalized spacial score (nSPS) is 24.3. The number of nitrogens with one attached hydrogen (secondary N) is 3. The molecule has 2 aliphatic rings. The highest BCUT2D eigenvalue weighted by molar-refractivity contribution is 7.92. The number of furan rings is 1. The summed E-state index contributed by atoms with van der Waals surface area (Å²) >= 11 is 0. The number of H-pyrrole nitrogens is 1. The van der Waals surface area contributed by atoms with Crippen LogP contribution in [0.15, 0.2) is 22.8 Å². The first-order chi connectivity index (χ1) is 13.3. The van der Waals surface area contributed by atoms with E-state index in [-0.39, 0.29) is 18.5 Å². The van der Waals surface area contributed by atoms with Crippen molar-refractivity contribution in [2.24, 2.45) is 0 Å². The molecule has 28 heavy (non-hydrogen) atoms. The van der Waals surface area contributed by atoms with Gasteiger partial charge >= 0.3 is 0 Å². The first-order valence-electron chi connectivity index (χ1n) is 8.97. The van der Waals surface area contributed by atoms with Crippen LogP contribution in [0, 0.1) is 0 Å². The minimum atomic E-state index is -3.58. The molecule has 0 saturated carbocycles. The van der Waals surface area contributed by atoms with Crippen LogP contribution in [0.5, 0.6) is 0 Å². The van der Waals surface area contributed by atoms with Crippen molar-refractivity contribution in [3.05, 3.63) is 24.1 Å². The molecule has 0 bridgehead atoms. The summed E-state index contributed by atoms with van der Waals surface area (Å²) in [5, 5.41) is 5.25. The van der Waals surface area contributed by atoms with Gasteiger partial charge in [-0.2, -0.15) is 0 Å². The highest BCUT2D eigenvalue weighted by Gasteiger charge is 2.39. The molecule has 0 aromatic carbocycles. The molecule has 1 unspecified atom stereocenters. The zero-order valence-electron chi connectivity index (χ0n) is 14.9. The third kappa shape index (κ3) is 3.61. The van der Waals surface area contributed by atoms with E-state index in [1.807, 2.05) is 0 Å². The van der Waals surface area contributed by atoms with E-state index in [2.05, 4.69) is 15.6 Å². The quantitative estimate of drug-likeness (QED) is 0.616. The molecule has 3 amide bonds. The van der Waals surface area contributed by atoms with Crippen LogP contribution in [0.3, 0.4) is 0 Å². The summed E-state index contributed by atoms with van der Waals surface area (Å²) in [7, 11) is -3.58. The number of amides is 3. The topological polar surface area (TPSA) is 142 Å². The summed E-state index contributed by atoms with van der Waals surface area (Å²) in [6, 6.07) is 1.99. The largest absolute Gasteiger partial charge is 0.463 e. The molecule has 2 aliphatic heterocycles. The van der Waals surface area contributed by atoms with E-state index in [9.17, 15) is 22.8 Å². The number of aromatic nitrogens is 1. The van der Waals surface area contributed by atoms with E-state index in [0.29, 0.717) is 24.2 Å². The highest BCUT2D eigenvalue weighted by atomic mass is 32.2. The van der Waals surface area contributed by atoms with Crippen LogP contribution < -0.4 is 10.6 Å². The molecule has 10 nitrogen and oxygen atoms in total. The lowest BCUT2D eigenvalue weighted by atomic mass is 10.2. The standard InChI is InChI=1S/C17H20N4O6S/c22-15-9-28(25,26)8-13(20-15)17(24)21-4-1-2-10(21)7-18-16(23)12-6-14-11(19-12)3-5-27-14/h3,5-6,10,13,19H,1-2,4,7-9H2,(H,18,23)(H,20,22)/t10-,13?/m0/s1. The lowest BCUT2D eigenvalue weighted by Gasteiger charge is -2.31. The number of fused-ring (bicyclic) bond motifs is 1. The number of likely N-dealkylation sites (tertiary alicyclic amines) is 1. The van der Waals surface area contributed by atoms with Gasteiger partial charge in [0.2, 0.25) is 11.8 Å². The van der Waals surface area contributed by atoms with Crippen LogP contribution in [-0.4, -0.2) is 72.7 Å². The Morgan fingerprint density at radius 2 is 2.18 bits per heavy atom. The Bertz CT molecular complexity index is 1010. The van der Waals surface area contributed by atoms with E-state index in [1.54, 1.807) is 17.0 Å². The van der Waals surface area contributed by atoms with Crippen LogP contribution in [0.4, 0.5) is 0 Å². The first kappa shape index (κ1) is 18.5. The fourth-order valence-electron chi connectivity index (χ4n) is 3.74. The maximum atomic E-state index is 12.8. The number of hydrogen-bond acceptors (Lipinski definition) is 6. The molecular weight excluding hydrogens is 388 g/mol. The Morgan fingerprint density at radius 3 is 2.93 bits per heavy atom. The Kier molecular flexibility index (Phi) is 4.61. The van der Waals surface area contributed by atoms with E-state index >= 15 is 0 Å². The smallest absolute Gasteiger partial charge is 0.267 e. The van der Waals surface area contributed by atoms with Gasteiger partial charge in [0.05, 0.1) is 17.5 Å². The van der Waals surface area contributed by atoms with E-state index in [0.717, 1.165) is 11.9 Å². The van der Waals surface area contributed by atoms with E-state index < -0.39 is 39.2 Å². The molecular formula is C17H20N4O6S. The lowest BCUT2D eigenvalue weighted by molar-refractivity contribution is -0.136. The molecule has 4 heterocycles. The molecule has 2 aromatic rings. The summed E-state index contributed by atoms with van der Waals surface area (Å²) in [4.78, 5) is 41.2. The van der Waals surface area contributed by atoms with Crippen molar-refractivity contribution >= 4 is 38.7 Å². The van der Waals surface area contributed by atoms with E-state index in [1.165, 1.54) is 6.26 Å². The van der Waals surface area contributed by atoms with Crippen LogP contribution in [0.1, 0.15) is 23.3 Å². The molecule has 2 saturated heterocycles. The van der Waals surface area contributed by atoms with Gasteiger partial charge in [-0.05, 0) is 12.8 Å². The second-order valence-corrected chi connectivity index (χ2v) is 9.20. The molecule has 150 valence electrons. The SMILES string of the molecule is O=C1CS(=O)(=O)CC(C(=O)N2CCC[C@H]2CNC(=O)c2cc3occc3[nH]2)N1. The monoisotopic (exact) mass is 408 g/mol. The van der Waals surface area contributed by atoms with Gasteiger partial charge in [0.15, 0.2) is 15.4 Å². The summed E-state index contributed by atoms with van der Waals surface area (Å²) in [6.07, 6.45) is 2.96. The van der Waals surface area contributed by atoms with Crippen molar-refractivity contribution in [3.8, 4) is 0 Å². The molecule has 2 fully saturated rings. The van der Waals surface area contributed by atoms with Crippen molar-refractivity contribution in [2.45, 2.75) is 24.9 Å². The third-order valence-electron chi connectivity index (χ3n) is 5.05. The van der Waals surface area contributed by atoms with Gasteiger partial charge in [0.1, 0.15) is 17.5 Å². The minimum absolute atomic E-state index is 0.234. The van der Waals surface area contributed by atoms with Crippen LogP contribution in [0.2, 0.25) is 0 Å². The molecule has 4 rings (SSSR count). The molecule has 0 radical (unpaired) electrons. The van der Waals surface area contributed by atoms with Gasteiger partial charge < -0.3 is 24.9 Å². The fourth-order valence-corrected chi connectivity index (χ4v) is 5.07. The van der Waals surface area contributed by atoms with Gasteiger partial charge in [-0.25, -0.2) is 8.42 Å². The average Bonchev–Trinajstić information content (AvgIpc) is 3.32. The van der Waals surface area contributed by atoms with Gasteiger partial charge in [-0.1, -0.05) is 0 Å². The Labute approximate surface area is 160 Å². The van der Waals surface area contributed by atoms with Crippen molar-refractivity contribution in [3.63, 3.8) is 0 Å². The van der Waals surface area contributed by atoms with Crippen LogP contribution in [-0.2, 0) is 19.4 Å². The van der Waals surface area contributed by atoms with Gasteiger partial charge in [0.25, 0.3) is 5.91 Å². The average molecular weight is 408 g/mol. The second-order valence-electron chi connectivity index (χ2n) is 7.09. The third-order valence-corrected chi connectivity index (χ3v) is 6.59. The van der Waals surface area contributed by atoms with Crippen LogP contribution in [0.25, 0.3) is 11.1 Å². The highest BCUT2D eigenvalue weighted by Crippen LogP contribution is 2.20. The van der Waals surface area contributed by atoms with Crippen molar-refractivity contribution in [1.29, 1.82) is 0 Å². The number of nitrogens with zero attached hydrogens (tertiary/aromatic N) is 1. The number of rotatable bonds is 4. The predicted octanol–water partition coefficient (Wildman–Crippen LogP) is -0.605. The van der Waals surface area contributed by atoms with Crippen molar-refractivity contribution in [1.82, 2.24) is 20.5 Å². The Morgan fingerprint density at radius 1 is 1.36 bits per heavy atom. The Hall–Kier alpha value is -2.82. The van der Waals surface area contributed by atoms with Gasteiger partial charge in [0, 0.05) is 31.3 Å². The molecule has 2 atom stereocenters. The maximum Gasteiger partial charge on any atom is 0.267 e. The zero-order chi connectivity index (χ0) is 19.9. The van der Waals surface area contributed by atoms with Crippen molar-refractivity contribution in [2.75, 3.05) is 24.6 Å². The van der Waals surface area contributed by atoms with Crippen LogP contribution >= 0.6 is 0 Å². The zero-order valence-corrected chi connectivity index (χ0v) is 15.8. The summed E-state index contributed by atoms with van der Waals surface area (Å²) < 4.78 is 28.8.